The zero-order valence-electron chi connectivity index (χ0n) is 14.4. The highest BCUT2D eigenvalue weighted by Crippen LogP contribution is 2.39. The van der Waals surface area contributed by atoms with E-state index in [1.807, 2.05) is 0 Å². The lowest BCUT2D eigenvalue weighted by atomic mass is 9.99. The van der Waals surface area contributed by atoms with E-state index in [2.05, 4.69) is 39.9 Å². The summed E-state index contributed by atoms with van der Waals surface area (Å²) < 4.78 is 0. The average molecular weight is 289 g/mol. The molecule has 0 bridgehead atoms. The number of hydrogen-bond acceptors (Lipinski definition) is 3. The van der Waals surface area contributed by atoms with E-state index < -0.39 is 0 Å². The molecule has 21 heavy (non-hydrogen) atoms. The van der Waals surface area contributed by atoms with Gasteiger partial charge in [0, 0.05) is 23.7 Å². The summed E-state index contributed by atoms with van der Waals surface area (Å²) in [5, 5.41) is 3.52. The van der Waals surface area contributed by atoms with Gasteiger partial charge in [-0.15, -0.1) is 0 Å². The molecule has 1 saturated carbocycles. The molecule has 0 saturated heterocycles. The van der Waals surface area contributed by atoms with Gasteiger partial charge >= 0.3 is 0 Å². The number of nitrogens with one attached hydrogen (secondary N) is 1. The summed E-state index contributed by atoms with van der Waals surface area (Å²) in [7, 11) is 0. The Morgan fingerprint density at radius 3 is 2.52 bits per heavy atom. The Morgan fingerprint density at radius 2 is 1.95 bits per heavy atom. The third-order valence-electron chi connectivity index (χ3n) is 4.76. The molecule has 0 aliphatic heterocycles. The molecular formula is C18H31N3. The summed E-state index contributed by atoms with van der Waals surface area (Å²) in [5.41, 5.74) is 2.45. The van der Waals surface area contributed by atoms with Crippen LogP contribution in [-0.2, 0) is 0 Å². The van der Waals surface area contributed by atoms with Crippen molar-refractivity contribution in [3.8, 4) is 0 Å². The molecule has 2 rings (SSSR count). The van der Waals surface area contributed by atoms with Crippen molar-refractivity contribution in [3.05, 3.63) is 17.1 Å². The first-order valence-corrected chi connectivity index (χ1v) is 8.69. The smallest absolute Gasteiger partial charge is 0.134 e. The second kappa shape index (κ2) is 7.24. The fraction of sp³-hybridized carbons (Fsp3) is 0.778. The van der Waals surface area contributed by atoms with Crippen LogP contribution in [0, 0.1) is 12.8 Å². The molecule has 3 heteroatoms. The largest absolute Gasteiger partial charge is 0.370 e. The van der Waals surface area contributed by atoms with Crippen LogP contribution in [0.1, 0.15) is 88.7 Å². The molecule has 3 nitrogen and oxygen atoms in total. The number of rotatable bonds is 6. The Bertz CT molecular complexity index is 468. The Labute approximate surface area is 130 Å². The maximum Gasteiger partial charge on any atom is 0.134 e. The van der Waals surface area contributed by atoms with Crippen molar-refractivity contribution in [1.29, 1.82) is 0 Å². The Kier molecular flexibility index (Phi) is 5.60. The number of nitrogens with zero attached hydrogens (tertiary/aromatic N) is 2. The normalized spacial score (nSPS) is 22.0. The molecule has 0 aromatic carbocycles. The van der Waals surface area contributed by atoms with Gasteiger partial charge in [0.2, 0.25) is 0 Å². The van der Waals surface area contributed by atoms with Gasteiger partial charge in [-0.25, -0.2) is 9.97 Å². The van der Waals surface area contributed by atoms with Crippen molar-refractivity contribution in [2.24, 2.45) is 5.92 Å². The highest BCUT2D eigenvalue weighted by molar-refractivity contribution is 5.48. The van der Waals surface area contributed by atoms with Crippen LogP contribution >= 0.6 is 0 Å². The van der Waals surface area contributed by atoms with E-state index in [1.165, 1.54) is 31.2 Å². The van der Waals surface area contributed by atoms with Gasteiger partial charge < -0.3 is 5.32 Å². The number of hydrogen-bond donors (Lipinski definition) is 1. The van der Waals surface area contributed by atoms with E-state index in [4.69, 9.17) is 9.97 Å². The molecule has 118 valence electrons. The van der Waals surface area contributed by atoms with Crippen molar-refractivity contribution < 1.29 is 0 Å². The van der Waals surface area contributed by atoms with Gasteiger partial charge in [-0.3, -0.25) is 0 Å². The first-order valence-electron chi connectivity index (χ1n) is 8.69. The molecule has 1 aliphatic rings. The molecule has 1 heterocycles. The molecule has 2 atom stereocenters. The molecule has 2 unspecified atom stereocenters. The molecule has 0 amide bonds. The van der Waals surface area contributed by atoms with E-state index in [-0.39, 0.29) is 0 Å². The van der Waals surface area contributed by atoms with Crippen molar-refractivity contribution in [1.82, 2.24) is 9.97 Å². The molecule has 1 N–H and O–H groups in total. The van der Waals surface area contributed by atoms with Crippen LogP contribution in [0.2, 0.25) is 0 Å². The maximum absolute atomic E-state index is 4.92. The zero-order chi connectivity index (χ0) is 15.4. The lowest BCUT2D eigenvalue weighted by Crippen LogP contribution is -2.13. The van der Waals surface area contributed by atoms with Gasteiger partial charge in [-0.2, -0.15) is 0 Å². The summed E-state index contributed by atoms with van der Waals surface area (Å²) in [5.74, 6) is 4.05. The predicted octanol–water partition coefficient (Wildman–Crippen LogP) is 5.02. The molecule has 1 aromatic heterocycles. The fourth-order valence-corrected chi connectivity index (χ4v) is 3.54. The van der Waals surface area contributed by atoms with Crippen LogP contribution in [0.25, 0.3) is 0 Å². The second-order valence-corrected chi connectivity index (χ2v) is 6.80. The summed E-state index contributed by atoms with van der Waals surface area (Å²) >= 11 is 0. The van der Waals surface area contributed by atoms with Crippen molar-refractivity contribution >= 4 is 5.82 Å². The number of anilines is 1. The molecule has 1 aliphatic carbocycles. The van der Waals surface area contributed by atoms with Crippen LogP contribution in [0.15, 0.2) is 0 Å². The van der Waals surface area contributed by atoms with E-state index >= 15 is 0 Å². The molecule has 0 spiro atoms. The first-order chi connectivity index (χ1) is 10.1. The van der Waals surface area contributed by atoms with E-state index in [0.717, 1.165) is 36.2 Å². The van der Waals surface area contributed by atoms with Crippen LogP contribution in [0.5, 0.6) is 0 Å². The molecule has 1 aromatic rings. The van der Waals surface area contributed by atoms with E-state index in [1.54, 1.807) is 0 Å². The summed E-state index contributed by atoms with van der Waals surface area (Å²) in [4.78, 5) is 9.78. The molecule has 1 fully saturated rings. The van der Waals surface area contributed by atoms with Crippen LogP contribution in [-0.4, -0.2) is 16.5 Å². The summed E-state index contributed by atoms with van der Waals surface area (Å²) in [6, 6.07) is 0. The maximum atomic E-state index is 4.92. The minimum atomic E-state index is 0.463. The number of aromatic nitrogens is 2. The topological polar surface area (TPSA) is 37.8 Å². The average Bonchev–Trinajstić information content (AvgIpc) is 2.92. The lowest BCUT2D eigenvalue weighted by molar-refractivity contribution is 0.516. The molecule has 0 radical (unpaired) electrons. The standard InChI is InChI=1S/C18H31N3/c1-6-10-19-18-16(12(3)4)13(5)20-17(21-18)15-9-8-14(7-2)11-15/h12,14-15H,6-11H2,1-5H3,(H,19,20,21). The van der Waals surface area contributed by atoms with Crippen molar-refractivity contribution in [2.45, 2.75) is 78.6 Å². The second-order valence-electron chi connectivity index (χ2n) is 6.80. The third kappa shape index (κ3) is 3.75. The number of aryl methyl sites for hydroxylation is 1. The van der Waals surface area contributed by atoms with Crippen LogP contribution < -0.4 is 5.32 Å². The van der Waals surface area contributed by atoms with E-state index in [0.29, 0.717) is 11.8 Å². The lowest BCUT2D eigenvalue weighted by Gasteiger charge is -2.19. The SMILES string of the molecule is CCCNc1nc(C2CCC(CC)C2)nc(C)c1C(C)C. The van der Waals surface area contributed by atoms with Crippen molar-refractivity contribution in [3.63, 3.8) is 0 Å². The highest BCUT2D eigenvalue weighted by atomic mass is 15.0. The van der Waals surface area contributed by atoms with Crippen LogP contribution in [0.4, 0.5) is 5.82 Å². The third-order valence-corrected chi connectivity index (χ3v) is 4.76. The fourth-order valence-electron chi connectivity index (χ4n) is 3.54. The summed E-state index contributed by atoms with van der Waals surface area (Å²) in [6.45, 7) is 12.1. The zero-order valence-corrected chi connectivity index (χ0v) is 14.4. The molecular weight excluding hydrogens is 258 g/mol. The minimum absolute atomic E-state index is 0.463. The Morgan fingerprint density at radius 1 is 1.19 bits per heavy atom. The van der Waals surface area contributed by atoms with Crippen molar-refractivity contribution in [2.75, 3.05) is 11.9 Å². The highest BCUT2D eigenvalue weighted by Gasteiger charge is 2.28. The Balaban J connectivity index is 2.29. The summed E-state index contributed by atoms with van der Waals surface area (Å²) in [6.07, 6.45) is 6.28. The van der Waals surface area contributed by atoms with Gasteiger partial charge in [0.25, 0.3) is 0 Å². The quantitative estimate of drug-likeness (QED) is 0.798. The van der Waals surface area contributed by atoms with Gasteiger partial charge in [-0.1, -0.05) is 34.1 Å². The Hall–Kier alpha value is -1.12. The minimum Gasteiger partial charge on any atom is -0.370 e. The van der Waals surface area contributed by atoms with Gasteiger partial charge in [0.1, 0.15) is 11.6 Å². The van der Waals surface area contributed by atoms with Crippen LogP contribution in [0.3, 0.4) is 0 Å². The first kappa shape index (κ1) is 16.3. The van der Waals surface area contributed by atoms with Gasteiger partial charge in [-0.05, 0) is 44.4 Å². The predicted molar refractivity (Wildman–Crippen MR) is 90.0 cm³/mol. The monoisotopic (exact) mass is 289 g/mol. The van der Waals surface area contributed by atoms with E-state index in [9.17, 15) is 0 Å². The van der Waals surface area contributed by atoms with Gasteiger partial charge in [0.15, 0.2) is 0 Å². The van der Waals surface area contributed by atoms with Gasteiger partial charge in [0.05, 0.1) is 0 Å².